The second-order valence-electron chi connectivity index (χ2n) is 7.21. The summed E-state index contributed by atoms with van der Waals surface area (Å²) in [5, 5.41) is 12.7. The first-order valence-electron chi connectivity index (χ1n) is 8.95. The molecule has 0 radical (unpaired) electrons. The van der Waals surface area contributed by atoms with Crippen molar-refractivity contribution >= 4 is 22.4 Å². The van der Waals surface area contributed by atoms with E-state index in [0.717, 1.165) is 11.8 Å². The Morgan fingerprint density at radius 2 is 2.00 bits per heavy atom. The predicted octanol–water partition coefficient (Wildman–Crippen LogP) is 4.22. The van der Waals surface area contributed by atoms with Crippen LogP contribution >= 0.6 is 0 Å². The first-order valence-corrected chi connectivity index (χ1v) is 8.95. The molecule has 0 amide bonds. The Morgan fingerprint density at radius 3 is 2.71 bits per heavy atom. The lowest BCUT2D eigenvalue weighted by atomic mass is 9.64. The fraction of sp³-hybridized carbons (Fsp3) is 0.238. The van der Waals surface area contributed by atoms with Crippen LogP contribution in [0.2, 0.25) is 0 Å². The predicted molar refractivity (Wildman–Crippen MR) is 99.1 cm³/mol. The van der Waals surface area contributed by atoms with Crippen molar-refractivity contribution in [3.05, 3.63) is 69.0 Å². The Morgan fingerprint density at radius 1 is 1.21 bits per heavy atom. The number of benzene rings is 2. The second kappa shape index (κ2) is 5.81. The average Bonchev–Trinajstić information content (AvgIpc) is 3.12. The van der Waals surface area contributed by atoms with Gasteiger partial charge in [-0.15, -0.1) is 4.91 Å². The number of aromatic amines is 1. The highest BCUT2D eigenvalue weighted by Gasteiger charge is 2.47. The lowest BCUT2D eigenvalue weighted by Gasteiger charge is -2.41. The Bertz CT molecular complexity index is 1220. The van der Waals surface area contributed by atoms with Crippen molar-refractivity contribution in [1.29, 1.82) is 5.26 Å². The Balaban J connectivity index is 1.88. The average molecular weight is 375 g/mol. The van der Waals surface area contributed by atoms with Crippen molar-refractivity contribution in [2.75, 3.05) is 13.2 Å². The molecule has 138 valence electrons. The summed E-state index contributed by atoms with van der Waals surface area (Å²) in [6, 6.07) is 9.74. The fourth-order valence-corrected chi connectivity index (χ4v) is 4.59. The van der Waals surface area contributed by atoms with Crippen LogP contribution in [-0.2, 0) is 10.2 Å². The van der Waals surface area contributed by atoms with Gasteiger partial charge in [0.05, 0.1) is 17.2 Å². The van der Waals surface area contributed by atoms with Crippen molar-refractivity contribution in [2.45, 2.75) is 18.3 Å². The maximum absolute atomic E-state index is 14.3. The van der Waals surface area contributed by atoms with Crippen molar-refractivity contribution in [1.82, 2.24) is 4.98 Å². The zero-order valence-corrected chi connectivity index (χ0v) is 14.7. The molecule has 1 spiro atoms. The molecule has 1 saturated heterocycles. The molecule has 6 nitrogen and oxygen atoms in total. The maximum Gasteiger partial charge on any atom is 0.195 e. The van der Waals surface area contributed by atoms with Crippen molar-refractivity contribution in [2.24, 2.45) is 5.18 Å². The van der Waals surface area contributed by atoms with E-state index in [9.17, 15) is 19.4 Å². The third-order valence-electron chi connectivity index (χ3n) is 5.93. The fourth-order valence-electron chi connectivity index (χ4n) is 4.59. The molecule has 2 heterocycles. The number of nitriles is 1. The minimum Gasteiger partial charge on any atom is -0.381 e. The molecular weight excluding hydrogens is 361 g/mol. The Hall–Kier alpha value is -3.37. The van der Waals surface area contributed by atoms with Gasteiger partial charge in [-0.05, 0) is 47.8 Å². The molecule has 0 atom stereocenters. The van der Waals surface area contributed by atoms with E-state index in [-0.39, 0.29) is 17.0 Å². The van der Waals surface area contributed by atoms with E-state index >= 15 is 0 Å². The third kappa shape index (κ3) is 2.06. The molecule has 0 unspecified atom stereocenters. The Kier molecular flexibility index (Phi) is 3.48. The molecule has 1 N–H and O–H groups in total. The number of halogens is 1. The number of nitroso groups, excluding NO2 is 1. The highest BCUT2D eigenvalue weighted by Crippen LogP contribution is 2.50. The zero-order chi connectivity index (χ0) is 19.5. The number of aromatic nitrogens is 1. The molecule has 1 aliphatic heterocycles. The summed E-state index contributed by atoms with van der Waals surface area (Å²) in [5.74, 6) is -1.10. The van der Waals surface area contributed by atoms with Crippen molar-refractivity contribution in [3.63, 3.8) is 0 Å². The molecule has 28 heavy (non-hydrogen) atoms. The molecule has 1 aliphatic carbocycles. The first kappa shape index (κ1) is 16.8. The van der Waals surface area contributed by atoms with Crippen LogP contribution in [0.5, 0.6) is 0 Å². The third-order valence-corrected chi connectivity index (χ3v) is 5.93. The summed E-state index contributed by atoms with van der Waals surface area (Å²) in [5.41, 5.74) is 2.36. The number of H-pyrrole nitrogens is 1. The van der Waals surface area contributed by atoms with E-state index in [0.29, 0.717) is 53.6 Å². The number of fused-ring (bicyclic) bond motifs is 6. The monoisotopic (exact) mass is 375 g/mol. The normalized spacial score (nSPS) is 17.2. The van der Waals surface area contributed by atoms with Gasteiger partial charge in [0.1, 0.15) is 5.69 Å². The molecule has 3 aromatic rings. The summed E-state index contributed by atoms with van der Waals surface area (Å²) < 4.78 is 19.9. The van der Waals surface area contributed by atoms with Gasteiger partial charge in [0.2, 0.25) is 0 Å². The summed E-state index contributed by atoms with van der Waals surface area (Å²) >= 11 is 0. The molecule has 1 fully saturated rings. The lowest BCUT2D eigenvalue weighted by molar-refractivity contribution is 0.0601. The van der Waals surface area contributed by atoms with Crippen LogP contribution < -0.4 is 0 Å². The largest absolute Gasteiger partial charge is 0.381 e. The highest BCUT2D eigenvalue weighted by atomic mass is 19.1. The molecule has 5 rings (SSSR count). The smallest absolute Gasteiger partial charge is 0.195 e. The molecular formula is C21H14FN3O3. The number of ketones is 1. The first-order chi connectivity index (χ1) is 13.6. The summed E-state index contributed by atoms with van der Waals surface area (Å²) in [6.07, 6.45) is 1.17. The van der Waals surface area contributed by atoms with Crippen molar-refractivity contribution < 1.29 is 13.9 Å². The molecule has 0 bridgehead atoms. The quantitative estimate of drug-likeness (QED) is 0.644. The van der Waals surface area contributed by atoms with Crippen LogP contribution in [-0.4, -0.2) is 24.0 Å². The van der Waals surface area contributed by atoms with Crippen LogP contribution in [0, 0.1) is 22.1 Å². The Labute approximate surface area is 158 Å². The maximum atomic E-state index is 14.3. The highest BCUT2D eigenvalue weighted by molar-refractivity contribution is 6.20. The van der Waals surface area contributed by atoms with Crippen LogP contribution in [0.4, 0.5) is 10.1 Å². The van der Waals surface area contributed by atoms with E-state index in [1.165, 1.54) is 6.07 Å². The standard InChI is InChI=1S/C21H14FN3O3/c22-15-8-13-14(9-17(15)25-27)21(3-5-28-6-4-21)20-18(19(13)26)12-2-1-11(10-23)7-16(12)24-20/h1-2,7-9,24H,3-6H2. The van der Waals surface area contributed by atoms with E-state index < -0.39 is 11.2 Å². The van der Waals surface area contributed by atoms with Crippen LogP contribution in [0.15, 0.2) is 35.5 Å². The number of carbonyl (C=O) groups is 1. The van der Waals surface area contributed by atoms with E-state index in [1.54, 1.807) is 18.2 Å². The van der Waals surface area contributed by atoms with Gasteiger partial charge in [-0.3, -0.25) is 4.79 Å². The van der Waals surface area contributed by atoms with Gasteiger partial charge in [-0.2, -0.15) is 5.26 Å². The van der Waals surface area contributed by atoms with Gasteiger partial charge in [0.15, 0.2) is 11.6 Å². The summed E-state index contributed by atoms with van der Waals surface area (Å²) in [4.78, 5) is 27.8. The van der Waals surface area contributed by atoms with Gasteiger partial charge in [-0.25, -0.2) is 4.39 Å². The number of hydrogen-bond acceptors (Lipinski definition) is 5. The molecule has 2 aliphatic rings. The van der Waals surface area contributed by atoms with Crippen LogP contribution in [0.3, 0.4) is 0 Å². The number of nitrogens with one attached hydrogen (secondary N) is 1. The zero-order valence-electron chi connectivity index (χ0n) is 14.7. The second-order valence-corrected chi connectivity index (χ2v) is 7.21. The van der Waals surface area contributed by atoms with Gasteiger partial charge in [-0.1, -0.05) is 6.07 Å². The van der Waals surface area contributed by atoms with Gasteiger partial charge < -0.3 is 9.72 Å². The molecule has 0 saturated carbocycles. The number of ether oxygens (including phenoxy) is 1. The van der Waals surface area contributed by atoms with Crippen LogP contribution in [0.1, 0.15) is 45.6 Å². The molecule has 7 heteroatoms. The molecule has 2 aromatic carbocycles. The minimum atomic E-state index is -0.806. The number of rotatable bonds is 1. The van der Waals surface area contributed by atoms with Crippen molar-refractivity contribution in [3.8, 4) is 6.07 Å². The number of nitrogens with zero attached hydrogens (tertiary/aromatic N) is 2. The van der Waals surface area contributed by atoms with Gasteiger partial charge in [0, 0.05) is 40.8 Å². The van der Waals surface area contributed by atoms with E-state index in [1.807, 2.05) is 0 Å². The van der Waals surface area contributed by atoms with E-state index in [2.05, 4.69) is 16.2 Å². The van der Waals surface area contributed by atoms with E-state index in [4.69, 9.17) is 4.74 Å². The van der Waals surface area contributed by atoms with Gasteiger partial charge in [0.25, 0.3) is 0 Å². The number of hydrogen-bond donors (Lipinski definition) is 1. The minimum absolute atomic E-state index is 0.254. The molecule has 1 aromatic heterocycles. The van der Waals surface area contributed by atoms with Crippen LogP contribution in [0.25, 0.3) is 10.9 Å². The topological polar surface area (TPSA) is 95.3 Å². The lowest BCUT2D eigenvalue weighted by Crippen LogP contribution is -2.40. The SMILES string of the molecule is N#Cc1ccc2c3c([nH]c2c1)C1(CCOCC1)c1cc(N=O)c(F)cc1C3=O. The summed E-state index contributed by atoms with van der Waals surface area (Å²) in [7, 11) is 0. The van der Waals surface area contributed by atoms with Gasteiger partial charge >= 0.3 is 0 Å². The number of carbonyl (C=O) groups excluding carboxylic acids is 1. The summed E-state index contributed by atoms with van der Waals surface area (Å²) in [6.45, 7) is 0.959.